The van der Waals surface area contributed by atoms with Crippen molar-refractivity contribution < 1.29 is 4.79 Å². The van der Waals surface area contributed by atoms with Gasteiger partial charge in [0.15, 0.2) is 10.6 Å². The molecule has 0 aliphatic carbocycles. The SMILES string of the molecule is CCNc1ccc2cc1N=c1s/c(=C/N3CCc4ccccc43)c(=O)n1Cc1ccccc1C2=O. The Kier molecular flexibility index (Phi) is 5.34. The first-order valence-electron chi connectivity index (χ1n) is 11.8. The topological polar surface area (TPSA) is 66.7 Å². The Labute approximate surface area is 206 Å². The molecule has 174 valence electrons. The van der Waals surface area contributed by atoms with Crippen LogP contribution < -0.4 is 25.1 Å². The van der Waals surface area contributed by atoms with Crippen molar-refractivity contribution in [3.05, 3.63) is 109 Å². The van der Waals surface area contributed by atoms with E-state index in [2.05, 4.69) is 22.3 Å². The average molecular weight is 481 g/mol. The Bertz CT molecular complexity index is 1650. The molecule has 35 heavy (non-hydrogen) atoms. The number of carbonyl (C=O) groups is 1. The molecule has 6 rings (SSSR count). The first-order chi connectivity index (χ1) is 17.1. The number of fused-ring (bicyclic) bond motifs is 5. The summed E-state index contributed by atoms with van der Waals surface area (Å²) in [4.78, 5) is 34.7. The van der Waals surface area contributed by atoms with Crippen LogP contribution in [0.25, 0.3) is 6.20 Å². The maximum absolute atomic E-state index is 13.7. The molecule has 0 radical (unpaired) electrons. The molecule has 0 amide bonds. The third kappa shape index (κ3) is 3.78. The van der Waals surface area contributed by atoms with Crippen LogP contribution in [0.2, 0.25) is 0 Å². The zero-order valence-electron chi connectivity index (χ0n) is 19.3. The van der Waals surface area contributed by atoms with E-state index in [-0.39, 0.29) is 11.3 Å². The van der Waals surface area contributed by atoms with Crippen LogP contribution in [0.3, 0.4) is 0 Å². The van der Waals surface area contributed by atoms with Crippen LogP contribution in [0.15, 0.2) is 76.5 Å². The predicted molar refractivity (Wildman–Crippen MR) is 141 cm³/mol. The van der Waals surface area contributed by atoms with E-state index in [0.29, 0.717) is 32.7 Å². The summed E-state index contributed by atoms with van der Waals surface area (Å²) in [6.45, 7) is 3.88. The standard InChI is InChI=1S/C28H24N4O2S/c1-2-29-22-12-11-19-15-23(22)30-28-32(16-20-8-3-5-9-21(20)26(19)33)27(34)25(35-28)17-31-14-13-18-7-4-6-10-24(18)31/h3-12,15,17,29H,2,13-14,16H2,1H3/b25-17+,30-28?. The Morgan fingerprint density at radius 1 is 1.03 bits per heavy atom. The zero-order chi connectivity index (χ0) is 23.9. The lowest BCUT2D eigenvalue weighted by Gasteiger charge is -2.14. The summed E-state index contributed by atoms with van der Waals surface area (Å²) in [6, 6.07) is 21.4. The first-order valence-corrected chi connectivity index (χ1v) is 12.6. The van der Waals surface area contributed by atoms with Gasteiger partial charge in [-0.2, -0.15) is 0 Å². The number of anilines is 2. The molecular formula is C28H24N4O2S. The van der Waals surface area contributed by atoms with Crippen molar-refractivity contribution in [2.24, 2.45) is 4.99 Å². The number of nitrogens with zero attached hydrogens (tertiary/aromatic N) is 3. The van der Waals surface area contributed by atoms with E-state index in [1.165, 1.54) is 16.9 Å². The Morgan fingerprint density at radius 3 is 2.69 bits per heavy atom. The predicted octanol–water partition coefficient (Wildman–Crippen LogP) is 3.69. The number of benzene rings is 3. The van der Waals surface area contributed by atoms with Gasteiger partial charge in [-0.3, -0.25) is 14.2 Å². The number of carbonyl (C=O) groups excluding carboxylic acids is 1. The van der Waals surface area contributed by atoms with Crippen molar-refractivity contribution in [1.29, 1.82) is 0 Å². The Hall–Kier alpha value is -3.97. The van der Waals surface area contributed by atoms with Gasteiger partial charge < -0.3 is 10.2 Å². The molecule has 0 saturated carbocycles. The molecule has 0 unspecified atom stereocenters. The molecule has 4 aromatic rings. The molecule has 0 saturated heterocycles. The van der Waals surface area contributed by atoms with Crippen LogP contribution in [-0.2, 0) is 13.0 Å². The van der Waals surface area contributed by atoms with Gasteiger partial charge >= 0.3 is 0 Å². The maximum atomic E-state index is 13.7. The number of ketones is 1. The van der Waals surface area contributed by atoms with Gasteiger partial charge in [-0.15, -0.1) is 0 Å². The summed E-state index contributed by atoms with van der Waals surface area (Å²) in [7, 11) is 0. The summed E-state index contributed by atoms with van der Waals surface area (Å²) in [5.41, 5.74) is 5.84. The maximum Gasteiger partial charge on any atom is 0.272 e. The molecule has 0 atom stereocenters. The van der Waals surface area contributed by atoms with Gasteiger partial charge in [-0.25, -0.2) is 4.99 Å². The third-order valence-corrected chi connectivity index (χ3v) is 7.51. The van der Waals surface area contributed by atoms with E-state index >= 15 is 0 Å². The third-order valence-electron chi connectivity index (χ3n) is 6.52. The van der Waals surface area contributed by atoms with Gasteiger partial charge in [-0.1, -0.05) is 53.8 Å². The second-order valence-electron chi connectivity index (χ2n) is 8.70. The zero-order valence-corrected chi connectivity index (χ0v) is 20.1. The minimum Gasteiger partial charge on any atom is -0.384 e. The molecule has 3 heterocycles. The molecule has 2 bridgehead atoms. The van der Waals surface area contributed by atoms with Crippen molar-refractivity contribution >= 4 is 40.4 Å². The molecule has 2 aliphatic heterocycles. The summed E-state index contributed by atoms with van der Waals surface area (Å²) >= 11 is 1.39. The number of nitrogens with one attached hydrogen (secondary N) is 1. The number of aromatic nitrogens is 1. The van der Waals surface area contributed by atoms with Crippen molar-refractivity contribution in [2.45, 2.75) is 19.9 Å². The largest absolute Gasteiger partial charge is 0.384 e. The summed E-state index contributed by atoms with van der Waals surface area (Å²) in [5.74, 6) is -0.0627. The van der Waals surface area contributed by atoms with E-state index in [1.807, 2.05) is 67.7 Å². The van der Waals surface area contributed by atoms with Crippen molar-refractivity contribution in [3.8, 4) is 0 Å². The highest BCUT2D eigenvalue weighted by atomic mass is 32.1. The molecule has 3 aromatic carbocycles. The summed E-state index contributed by atoms with van der Waals surface area (Å²) in [5, 5.41) is 3.32. The van der Waals surface area contributed by atoms with E-state index in [1.54, 1.807) is 4.57 Å². The molecule has 7 heteroatoms. The van der Waals surface area contributed by atoms with Gasteiger partial charge in [0.05, 0.1) is 17.9 Å². The fourth-order valence-electron chi connectivity index (χ4n) is 4.77. The van der Waals surface area contributed by atoms with E-state index in [4.69, 9.17) is 4.99 Å². The number of thiazole rings is 1. The molecular weight excluding hydrogens is 456 g/mol. The van der Waals surface area contributed by atoms with Crippen LogP contribution in [0.4, 0.5) is 17.1 Å². The quantitative estimate of drug-likeness (QED) is 0.428. The van der Waals surface area contributed by atoms with Crippen LogP contribution in [0, 0.1) is 0 Å². The second kappa shape index (κ2) is 8.67. The van der Waals surface area contributed by atoms with Crippen molar-refractivity contribution in [2.75, 3.05) is 23.3 Å². The van der Waals surface area contributed by atoms with E-state index in [0.717, 1.165) is 36.4 Å². The highest BCUT2D eigenvalue weighted by Gasteiger charge is 2.20. The van der Waals surface area contributed by atoms with Crippen LogP contribution in [0.5, 0.6) is 0 Å². The molecule has 2 aliphatic rings. The van der Waals surface area contributed by atoms with Gasteiger partial charge in [0, 0.05) is 36.1 Å². The monoisotopic (exact) mass is 480 g/mol. The number of para-hydroxylation sites is 1. The first kappa shape index (κ1) is 21.6. The van der Waals surface area contributed by atoms with Gasteiger partial charge in [0.1, 0.15) is 4.53 Å². The fourth-order valence-corrected chi connectivity index (χ4v) is 5.75. The number of rotatable bonds is 3. The van der Waals surface area contributed by atoms with Gasteiger partial charge in [-0.05, 0) is 48.7 Å². The van der Waals surface area contributed by atoms with Gasteiger partial charge in [0.2, 0.25) is 0 Å². The van der Waals surface area contributed by atoms with Crippen molar-refractivity contribution in [1.82, 2.24) is 4.57 Å². The molecule has 6 nitrogen and oxygen atoms in total. The lowest BCUT2D eigenvalue weighted by molar-refractivity contribution is 0.103. The minimum atomic E-state index is -0.0953. The summed E-state index contributed by atoms with van der Waals surface area (Å²) < 4.78 is 2.32. The number of hydrogen-bond acceptors (Lipinski definition) is 6. The Morgan fingerprint density at radius 2 is 1.83 bits per heavy atom. The van der Waals surface area contributed by atoms with Crippen LogP contribution >= 0.6 is 11.3 Å². The highest BCUT2D eigenvalue weighted by molar-refractivity contribution is 7.07. The van der Waals surface area contributed by atoms with Crippen LogP contribution in [0.1, 0.15) is 34.0 Å². The lowest BCUT2D eigenvalue weighted by Crippen LogP contribution is -2.33. The van der Waals surface area contributed by atoms with Crippen LogP contribution in [-0.4, -0.2) is 23.4 Å². The van der Waals surface area contributed by atoms with E-state index in [9.17, 15) is 9.59 Å². The molecule has 0 fully saturated rings. The molecule has 1 aromatic heterocycles. The lowest BCUT2D eigenvalue weighted by atomic mass is 9.97. The minimum absolute atomic E-state index is 0.0627. The second-order valence-corrected chi connectivity index (χ2v) is 9.71. The normalized spacial score (nSPS) is 14.7. The van der Waals surface area contributed by atoms with Crippen molar-refractivity contribution in [3.63, 3.8) is 0 Å². The fraction of sp³-hybridized carbons (Fsp3) is 0.179. The molecule has 1 N–H and O–H groups in total. The van der Waals surface area contributed by atoms with E-state index < -0.39 is 0 Å². The van der Waals surface area contributed by atoms with Gasteiger partial charge in [0.25, 0.3) is 5.56 Å². The Balaban J connectivity index is 1.59. The average Bonchev–Trinajstić information content (AvgIpc) is 3.41. The number of hydrogen-bond donors (Lipinski definition) is 1. The smallest absolute Gasteiger partial charge is 0.272 e. The molecule has 0 spiro atoms. The summed E-state index contributed by atoms with van der Waals surface area (Å²) in [6.07, 6.45) is 2.91. The highest BCUT2D eigenvalue weighted by Crippen LogP contribution is 2.29.